The second-order valence-electron chi connectivity index (χ2n) is 6.46. The summed E-state index contributed by atoms with van der Waals surface area (Å²) < 4.78 is 3.05. The van der Waals surface area contributed by atoms with Crippen molar-refractivity contribution in [2.75, 3.05) is 13.1 Å². The monoisotopic (exact) mass is 353 g/mol. The van der Waals surface area contributed by atoms with Gasteiger partial charge in [-0.1, -0.05) is 0 Å². The minimum atomic E-state index is 0.186. The molecule has 2 atom stereocenters. The molecular formula is C16H24BrN3O. The number of rotatable bonds is 3. The largest absolute Gasteiger partial charge is 0.340 e. The Morgan fingerprint density at radius 2 is 2.19 bits per heavy atom. The fourth-order valence-corrected chi connectivity index (χ4v) is 4.13. The van der Waals surface area contributed by atoms with E-state index in [-0.39, 0.29) is 5.91 Å². The maximum absolute atomic E-state index is 13.0. The molecule has 3 rings (SSSR count). The highest BCUT2D eigenvalue weighted by atomic mass is 79.9. The Morgan fingerprint density at radius 3 is 2.86 bits per heavy atom. The lowest BCUT2D eigenvalue weighted by Gasteiger charge is -2.30. The highest BCUT2D eigenvalue weighted by Gasteiger charge is 2.37. The number of carbonyl (C=O) groups excluding carboxylic acids is 1. The van der Waals surface area contributed by atoms with Crippen molar-refractivity contribution in [3.63, 3.8) is 0 Å². The summed E-state index contributed by atoms with van der Waals surface area (Å²) in [5.74, 6) is 0.186. The summed E-state index contributed by atoms with van der Waals surface area (Å²) in [6.07, 6.45) is 6.70. The first-order valence-electron chi connectivity index (χ1n) is 7.99. The fraction of sp³-hybridized carbons (Fsp3) is 0.688. The standard InChI is InChI=1S/C16H24BrN3O/c1-11(2)20-10-12(17)9-15(20)16(21)19-8-4-6-14(19)13-5-3-7-18-13/h9-11,13-14,18H,3-8H2,1-2H3. The molecular weight excluding hydrogens is 330 g/mol. The van der Waals surface area contributed by atoms with E-state index >= 15 is 0 Å². The SMILES string of the molecule is CC(C)n1cc(Br)cc1C(=O)N1CCCC1C1CCCN1. The number of likely N-dealkylation sites (tertiary alicyclic amines) is 1. The summed E-state index contributed by atoms with van der Waals surface area (Å²) >= 11 is 3.51. The molecule has 0 spiro atoms. The Labute approximate surface area is 135 Å². The first-order valence-corrected chi connectivity index (χ1v) is 8.79. The molecule has 2 aliphatic rings. The number of amides is 1. The highest BCUT2D eigenvalue weighted by Crippen LogP contribution is 2.28. The van der Waals surface area contributed by atoms with Crippen LogP contribution in [-0.2, 0) is 0 Å². The van der Waals surface area contributed by atoms with Gasteiger partial charge in [-0.15, -0.1) is 0 Å². The Bertz CT molecular complexity index is 520. The summed E-state index contributed by atoms with van der Waals surface area (Å²) in [4.78, 5) is 15.1. The van der Waals surface area contributed by atoms with Crippen LogP contribution in [0.15, 0.2) is 16.7 Å². The van der Waals surface area contributed by atoms with E-state index in [9.17, 15) is 4.79 Å². The molecule has 2 unspecified atom stereocenters. The number of carbonyl (C=O) groups is 1. The average Bonchev–Trinajstić information content (AvgIpc) is 3.17. The molecule has 1 N–H and O–H groups in total. The maximum atomic E-state index is 13.0. The smallest absolute Gasteiger partial charge is 0.270 e. The minimum Gasteiger partial charge on any atom is -0.340 e. The molecule has 3 heterocycles. The Kier molecular flexibility index (Phi) is 4.41. The molecule has 0 radical (unpaired) electrons. The van der Waals surface area contributed by atoms with Crippen molar-refractivity contribution in [2.24, 2.45) is 0 Å². The molecule has 2 saturated heterocycles. The van der Waals surface area contributed by atoms with Crippen molar-refractivity contribution in [2.45, 2.75) is 57.7 Å². The van der Waals surface area contributed by atoms with Crippen molar-refractivity contribution in [3.8, 4) is 0 Å². The van der Waals surface area contributed by atoms with Gasteiger partial charge in [0.05, 0.1) is 0 Å². The summed E-state index contributed by atoms with van der Waals surface area (Å²) in [6, 6.07) is 3.11. The van der Waals surface area contributed by atoms with Crippen LogP contribution >= 0.6 is 15.9 Å². The van der Waals surface area contributed by atoms with Crippen LogP contribution in [-0.4, -0.2) is 40.5 Å². The Morgan fingerprint density at radius 1 is 1.38 bits per heavy atom. The van der Waals surface area contributed by atoms with Crippen LogP contribution in [0.4, 0.5) is 0 Å². The van der Waals surface area contributed by atoms with E-state index < -0.39 is 0 Å². The zero-order valence-electron chi connectivity index (χ0n) is 12.8. The second kappa shape index (κ2) is 6.13. The summed E-state index contributed by atoms with van der Waals surface area (Å²) in [6.45, 7) is 6.21. The number of aromatic nitrogens is 1. The highest BCUT2D eigenvalue weighted by molar-refractivity contribution is 9.10. The van der Waals surface area contributed by atoms with Crippen molar-refractivity contribution in [1.82, 2.24) is 14.8 Å². The van der Waals surface area contributed by atoms with Crippen LogP contribution in [0.2, 0.25) is 0 Å². The summed E-state index contributed by atoms with van der Waals surface area (Å²) in [5.41, 5.74) is 0.807. The molecule has 0 aliphatic carbocycles. The zero-order chi connectivity index (χ0) is 15.0. The van der Waals surface area contributed by atoms with E-state index in [4.69, 9.17) is 0 Å². The van der Waals surface area contributed by atoms with E-state index in [2.05, 4.69) is 44.6 Å². The van der Waals surface area contributed by atoms with Crippen molar-refractivity contribution in [1.29, 1.82) is 0 Å². The molecule has 116 valence electrons. The molecule has 1 amide bonds. The quantitative estimate of drug-likeness (QED) is 0.905. The van der Waals surface area contributed by atoms with E-state index in [0.29, 0.717) is 18.1 Å². The van der Waals surface area contributed by atoms with Gasteiger partial charge in [0.25, 0.3) is 5.91 Å². The van der Waals surface area contributed by atoms with Gasteiger partial charge in [0, 0.05) is 35.3 Å². The molecule has 1 aromatic rings. The fourth-order valence-electron chi connectivity index (χ4n) is 3.69. The molecule has 0 bridgehead atoms. The minimum absolute atomic E-state index is 0.186. The normalized spacial score (nSPS) is 26.0. The third-order valence-corrected chi connectivity index (χ3v) is 5.15. The number of nitrogens with zero attached hydrogens (tertiary/aromatic N) is 2. The van der Waals surface area contributed by atoms with Gasteiger partial charge in [-0.05, 0) is 68.1 Å². The lowest BCUT2D eigenvalue weighted by Crippen LogP contribution is -2.47. The van der Waals surface area contributed by atoms with Crippen LogP contribution in [0, 0.1) is 0 Å². The van der Waals surface area contributed by atoms with Gasteiger partial charge < -0.3 is 14.8 Å². The Hall–Kier alpha value is -0.810. The topological polar surface area (TPSA) is 37.3 Å². The van der Waals surface area contributed by atoms with Crippen molar-refractivity contribution < 1.29 is 4.79 Å². The number of hydrogen-bond donors (Lipinski definition) is 1. The third-order valence-electron chi connectivity index (χ3n) is 4.71. The van der Waals surface area contributed by atoms with Gasteiger partial charge in [0.2, 0.25) is 0 Å². The number of nitrogens with one attached hydrogen (secondary N) is 1. The molecule has 21 heavy (non-hydrogen) atoms. The molecule has 5 heteroatoms. The summed E-state index contributed by atoms with van der Waals surface area (Å²) in [7, 11) is 0. The Balaban J connectivity index is 1.83. The third kappa shape index (κ3) is 2.90. The maximum Gasteiger partial charge on any atom is 0.270 e. The molecule has 0 saturated carbocycles. The molecule has 4 nitrogen and oxygen atoms in total. The van der Waals surface area contributed by atoms with Crippen LogP contribution in [0.25, 0.3) is 0 Å². The van der Waals surface area contributed by atoms with E-state index in [0.717, 1.165) is 36.1 Å². The van der Waals surface area contributed by atoms with Gasteiger partial charge in [-0.2, -0.15) is 0 Å². The molecule has 1 aromatic heterocycles. The first kappa shape index (κ1) is 15.1. The van der Waals surface area contributed by atoms with Gasteiger partial charge >= 0.3 is 0 Å². The molecule has 2 fully saturated rings. The van der Waals surface area contributed by atoms with E-state index in [1.54, 1.807) is 0 Å². The van der Waals surface area contributed by atoms with Gasteiger partial charge in [-0.25, -0.2) is 0 Å². The van der Waals surface area contributed by atoms with E-state index in [1.807, 2.05) is 12.3 Å². The number of halogens is 1. The van der Waals surface area contributed by atoms with E-state index in [1.165, 1.54) is 12.8 Å². The van der Waals surface area contributed by atoms with Crippen LogP contribution in [0.1, 0.15) is 56.1 Å². The summed E-state index contributed by atoms with van der Waals surface area (Å²) in [5, 5.41) is 3.57. The van der Waals surface area contributed by atoms with Crippen molar-refractivity contribution >= 4 is 21.8 Å². The van der Waals surface area contributed by atoms with Gasteiger partial charge in [-0.3, -0.25) is 4.79 Å². The predicted octanol–water partition coefficient (Wildman–Crippen LogP) is 3.19. The van der Waals surface area contributed by atoms with Crippen molar-refractivity contribution in [3.05, 3.63) is 22.4 Å². The van der Waals surface area contributed by atoms with Gasteiger partial charge in [0.15, 0.2) is 0 Å². The number of hydrogen-bond acceptors (Lipinski definition) is 2. The molecule has 0 aromatic carbocycles. The zero-order valence-corrected chi connectivity index (χ0v) is 14.4. The van der Waals surface area contributed by atoms with Gasteiger partial charge in [0.1, 0.15) is 5.69 Å². The van der Waals surface area contributed by atoms with Crippen LogP contribution in [0.5, 0.6) is 0 Å². The lowest BCUT2D eigenvalue weighted by molar-refractivity contribution is 0.0698. The predicted molar refractivity (Wildman–Crippen MR) is 87.6 cm³/mol. The lowest BCUT2D eigenvalue weighted by atomic mass is 10.0. The van der Waals surface area contributed by atoms with Crippen LogP contribution < -0.4 is 5.32 Å². The van der Waals surface area contributed by atoms with Crippen LogP contribution in [0.3, 0.4) is 0 Å². The average molecular weight is 354 g/mol. The second-order valence-corrected chi connectivity index (χ2v) is 7.37. The first-order chi connectivity index (χ1) is 10.1. The molecule has 2 aliphatic heterocycles.